The minimum absolute atomic E-state index is 0.0419. The number of anilines is 1. The van der Waals surface area contributed by atoms with Crippen LogP contribution >= 0.6 is 11.3 Å². The lowest BCUT2D eigenvalue weighted by atomic mass is 10.1. The van der Waals surface area contributed by atoms with Crippen LogP contribution < -0.4 is 10.1 Å². The molecule has 0 aliphatic carbocycles. The minimum Gasteiger partial charge on any atom is -0.492 e. The highest BCUT2D eigenvalue weighted by Gasteiger charge is 2.10. The molecule has 4 rings (SSSR count). The van der Waals surface area contributed by atoms with Gasteiger partial charge in [-0.2, -0.15) is 0 Å². The van der Waals surface area contributed by atoms with Crippen LogP contribution in [0.1, 0.15) is 17.3 Å². The molecule has 0 atom stereocenters. The zero-order chi connectivity index (χ0) is 18.6. The highest BCUT2D eigenvalue weighted by Crippen LogP contribution is 2.25. The molecule has 0 unspecified atom stereocenters. The Kier molecular flexibility index (Phi) is 4.84. The number of aromatic nitrogens is 3. The van der Waals surface area contributed by atoms with E-state index in [1.807, 2.05) is 60.8 Å². The van der Waals surface area contributed by atoms with Crippen LogP contribution in [0, 0.1) is 0 Å². The van der Waals surface area contributed by atoms with E-state index in [4.69, 9.17) is 4.74 Å². The van der Waals surface area contributed by atoms with Gasteiger partial charge in [-0.3, -0.25) is 4.79 Å². The second-order valence-corrected chi connectivity index (χ2v) is 6.94. The Morgan fingerprint density at radius 2 is 2.04 bits per heavy atom. The quantitative estimate of drug-likeness (QED) is 0.386. The van der Waals surface area contributed by atoms with Gasteiger partial charge in [-0.15, -0.1) is 5.10 Å². The predicted molar refractivity (Wildman–Crippen MR) is 107 cm³/mol. The normalized spacial score (nSPS) is 10.9. The number of fused-ring (bicyclic) bond motifs is 1. The molecule has 0 bridgehead atoms. The molecule has 0 radical (unpaired) electrons. The van der Waals surface area contributed by atoms with Crippen LogP contribution in [0.5, 0.6) is 5.75 Å². The lowest BCUT2D eigenvalue weighted by Crippen LogP contribution is -2.11. The van der Waals surface area contributed by atoms with Crippen molar-refractivity contribution in [2.75, 3.05) is 18.5 Å². The topological polar surface area (TPSA) is 68.5 Å². The number of nitrogens with one attached hydrogen (secondary N) is 1. The maximum absolute atomic E-state index is 11.6. The van der Waals surface area contributed by atoms with Crippen molar-refractivity contribution in [1.82, 2.24) is 14.6 Å². The number of Topliss-reactive ketones (excluding diaryl/α,β-unsaturated/α-hetero) is 1. The molecule has 2 heterocycles. The van der Waals surface area contributed by atoms with Gasteiger partial charge >= 0.3 is 0 Å². The van der Waals surface area contributed by atoms with E-state index < -0.39 is 0 Å². The third-order valence-corrected chi connectivity index (χ3v) is 4.88. The first kappa shape index (κ1) is 17.2. The first-order valence-corrected chi connectivity index (χ1v) is 9.40. The smallest absolute Gasteiger partial charge is 0.214 e. The highest BCUT2D eigenvalue weighted by molar-refractivity contribution is 7.20. The number of ether oxygens (including phenoxy) is 1. The second-order valence-electron chi connectivity index (χ2n) is 5.99. The second kappa shape index (κ2) is 7.59. The van der Waals surface area contributed by atoms with Crippen molar-refractivity contribution in [1.29, 1.82) is 0 Å². The molecule has 0 aliphatic heterocycles. The van der Waals surface area contributed by atoms with Gasteiger partial charge in [-0.05, 0) is 25.1 Å². The van der Waals surface area contributed by atoms with Crippen LogP contribution in [0.15, 0.2) is 60.8 Å². The number of benzene rings is 2. The average Bonchev–Trinajstić information content (AvgIpc) is 3.25. The fraction of sp³-hybridized carbons (Fsp3) is 0.150. The maximum Gasteiger partial charge on any atom is 0.214 e. The van der Waals surface area contributed by atoms with Gasteiger partial charge in [-0.25, -0.2) is 9.50 Å². The van der Waals surface area contributed by atoms with Crippen molar-refractivity contribution >= 4 is 27.2 Å². The third kappa shape index (κ3) is 3.98. The van der Waals surface area contributed by atoms with Crippen molar-refractivity contribution in [3.63, 3.8) is 0 Å². The average molecular weight is 378 g/mol. The maximum atomic E-state index is 11.6. The summed E-state index contributed by atoms with van der Waals surface area (Å²) in [6.45, 7) is 2.76. The Bertz CT molecular complexity index is 1040. The lowest BCUT2D eigenvalue weighted by molar-refractivity contribution is 0.101. The summed E-state index contributed by atoms with van der Waals surface area (Å²) >= 11 is 1.48. The van der Waals surface area contributed by atoms with Crippen LogP contribution in [0.25, 0.3) is 16.2 Å². The molecule has 7 heteroatoms. The van der Waals surface area contributed by atoms with E-state index >= 15 is 0 Å². The standard InChI is InChI=1S/C20H18N4O2S/c1-14(25)15-6-5-7-16(12-15)18-13-24-20(22-18)27-19(23-24)21-10-11-26-17-8-3-2-4-9-17/h2-9,12-13H,10-11H2,1H3,(H,21,23). The zero-order valence-electron chi connectivity index (χ0n) is 14.8. The van der Waals surface area contributed by atoms with Crippen LogP contribution in [0.4, 0.5) is 5.13 Å². The lowest BCUT2D eigenvalue weighted by Gasteiger charge is -2.05. The van der Waals surface area contributed by atoms with Gasteiger partial charge in [0.25, 0.3) is 0 Å². The molecule has 136 valence electrons. The number of ketones is 1. The van der Waals surface area contributed by atoms with Gasteiger partial charge < -0.3 is 10.1 Å². The molecule has 0 saturated heterocycles. The van der Waals surface area contributed by atoms with Crippen LogP contribution in [0.2, 0.25) is 0 Å². The molecule has 2 aromatic heterocycles. The Labute approximate surface area is 160 Å². The first-order valence-electron chi connectivity index (χ1n) is 8.58. The van der Waals surface area contributed by atoms with E-state index in [1.54, 1.807) is 11.4 Å². The van der Waals surface area contributed by atoms with Crippen LogP contribution in [-0.2, 0) is 0 Å². The summed E-state index contributed by atoms with van der Waals surface area (Å²) in [6.07, 6.45) is 1.87. The zero-order valence-corrected chi connectivity index (χ0v) is 15.6. The SMILES string of the molecule is CC(=O)c1cccc(-c2cn3nc(NCCOc4ccccc4)sc3n2)c1. The molecule has 1 N–H and O–H groups in total. The van der Waals surface area contributed by atoms with Crippen molar-refractivity contribution in [3.8, 4) is 17.0 Å². The molecule has 0 aliphatic rings. The number of carbonyl (C=O) groups is 1. The monoisotopic (exact) mass is 378 g/mol. The van der Waals surface area contributed by atoms with Gasteiger partial charge in [0.05, 0.1) is 18.4 Å². The Hall–Kier alpha value is -3.19. The molecule has 4 aromatic rings. The van der Waals surface area contributed by atoms with Gasteiger partial charge in [0.1, 0.15) is 12.4 Å². The van der Waals surface area contributed by atoms with Crippen molar-refractivity contribution < 1.29 is 9.53 Å². The number of para-hydroxylation sites is 1. The van der Waals surface area contributed by atoms with E-state index in [0.29, 0.717) is 18.7 Å². The summed E-state index contributed by atoms with van der Waals surface area (Å²) in [5, 5.41) is 8.54. The largest absolute Gasteiger partial charge is 0.492 e. The van der Waals surface area contributed by atoms with E-state index in [2.05, 4.69) is 15.4 Å². The summed E-state index contributed by atoms with van der Waals surface area (Å²) < 4.78 is 7.41. The molecular weight excluding hydrogens is 360 g/mol. The van der Waals surface area contributed by atoms with E-state index in [-0.39, 0.29) is 5.78 Å². The van der Waals surface area contributed by atoms with Crippen LogP contribution in [-0.4, -0.2) is 33.5 Å². The summed E-state index contributed by atoms with van der Waals surface area (Å²) in [4.78, 5) is 17.0. The van der Waals surface area contributed by atoms with Gasteiger partial charge in [0.2, 0.25) is 10.1 Å². The Morgan fingerprint density at radius 3 is 2.81 bits per heavy atom. The Balaban J connectivity index is 1.40. The molecule has 0 saturated carbocycles. The van der Waals surface area contributed by atoms with Gasteiger partial charge in [0.15, 0.2) is 5.78 Å². The molecule has 0 amide bonds. The molecule has 6 nitrogen and oxygen atoms in total. The minimum atomic E-state index is 0.0419. The number of hydrogen-bond acceptors (Lipinski definition) is 6. The molecule has 0 spiro atoms. The van der Waals surface area contributed by atoms with Crippen molar-refractivity contribution in [2.24, 2.45) is 0 Å². The first-order chi connectivity index (χ1) is 13.2. The Morgan fingerprint density at radius 1 is 1.19 bits per heavy atom. The molecule has 2 aromatic carbocycles. The molecule has 0 fully saturated rings. The van der Waals surface area contributed by atoms with E-state index in [9.17, 15) is 4.79 Å². The number of imidazole rings is 1. The van der Waals surface area contributed by atoms with Crippen molar-refractivity contribution in [2.45, 2.75) is 6.92 Å². The highest BCUT2D eigenvalue weighted by atomic mass is 32.1. The van der Waals surface area contributed by atoms with E-state index in [1.165, 1.54) is 11.3 Å². The van der Waals surface area contributed by atoms with Gasteiger partial charge in [0, 0.05) is 11.1 Å². The summed E-state index contributed by atoms with van der Waals surface area (Å²) in [7, 11) is 0. The summed E-state index contributed by atoms with van der Waals surface area (Å²) in [6, 6.07) is 17.2. The molecular formula is C20H18N4O2S. The number of carbonyl (C=O) groups excluding carboxylic acids is 1. The fourth-order valence-electron chi connectivity index (χ4n) is 2.65. The van der Waals surface area contributed by atoms with Gasteiger partial charge in [-0.1, -0.05) is 47.7 Å². The predicted octanol–water partition coefficient (Wildman–Crippen LogP) is 4.15. The van der Waals surface area contributed by atoms with Crippen LogP contribution in [0.3, 0.4) is 0 Å². The number of hydrogen-bond donors (Lipinski definition) is 1. The van der Waals surface area contributed by atoms with E-state index in [0.717, 1.165) is 27.1 Å². The summed E-state index contributed by atoms with van der Waals surface area (Å²) in [5.74, 6) is 0.894. The number of rotatable bonds is 7. The summed E-state index contributed by atoms with van der Waals surface area (Å²) in [5.41, 5.74) is 2.39. The number of nitrogens with zero attached hydrogens (tertiary/aromatic N) is 3. The third-order valence-electron chi connectivity index (χ3n) is 4.00. The van der Waals surface area contributed by atoms with Crippen molar-refractivity contribution in [3.05, 3.63) is 66.4 Å². The fourth-order valence-corrected chi connectivity index (χ4v) is 3.46. The molecule has 27 heavy (non-hydrogen) atoms.